The summed E-state index contributed by atoms with van der Waals surface area (Å²) in [5.74, 6) is -2.45. The third-order valence-corrected chi connectivity index (χ3v) is 3.11. The zero-order valence-electron chi connectivity index (χ0n) is 12.0. The van der Waals surface area contributed by atoms with Gasteiger partial charge in [0.25, 0.3) is 5.91 Å². The Morgan fingerprint density at radius 1 is 1.05 bits per heavy atom. The van der Waals surface area contributed by atoms with Crippen molar-refractivity contribution in [1.82, 2.24) is 0 Å². The van der Waals surface area contributed by atoms with Crippen LogP contribution in [0.5, 0.6) is 0 Å². The highest BCUT2D eigenvalue weighted by Crippen LogP contribution is 2.17. The first-order chi connectivity index (χ1) is 10.5. The minimum Gasteiger partial charge on any atom is -0.326 e. The molecule has 0 saturated carbocycles. The fourth-order valence-corrected chi connectivity index (χ4v) is 2.09. The molecule has 0 fully saturated rings. The summed E-state index contributed by atoms with van der Waals surface area (Å²) in [6.07, 6.45) is 0. The molecule has 1 unspecified atom stereocenters. The first-order valence-electron chi connectivity index (χ1n) is 6.75. The molecule has 0 bridgehead atoms. The van der Waals surface area contributed by atoms with Crippen molar-refractivity contribution in [2.45, 2.75) is 6.54 Å². The first kappa shape index (κ1) is 16.0. The van der Waals surface area contributed by atoms with Crippen molar-refractivity contribution in [3.8, 4) is 0 Å². The number of anilines is 1. The molecule has 116 valence electrons. The fourth-order valence-electron chi connectivity index (χ4n) is 2.09. The minimum absolute atomic E-state index is 0.0329. The first-order valence-corrected chi connectivity index (χ1v) is 6.75. The Hall–Kier alpha value is -2.34. The van der Waals surface area contributed by atoms with Gasteiger partial charge in [-0.15, -0.1) is 0 Å². The maximum atomic E-state index is 13.4. The topological polar surface area (TPSA) is 33.5 Å². The van der Waals surface area contributed by atoms with Gasteiger partial charge in [0.15, 0.2) is 6.54 Å². The van der Waals surface area contributed by atoms with Crippen LogP contribution in [0, 0.1) is 17.5 Å². The second kappa shape index (κ2) is 7.09. The van der Waals surface area contributed by atoms with E-state index in [1.165, 1.54) is 18.2 Å². The Kier molecular flexibility index (Phi) is 5.16. The molecule has 2 rings (SSSR count). The lowest BCUT2D eigenvalue weighted by Gasteiger charge is -2.14. The number of likely N-dealkylation sites (N-methyl/N-ethyl adjacent to an activating group) is 1. The van der Waals surface area contributed by atoms with Crippen LogP contribution in [0.2, 0.25) is 0 Å². The van der Waals surface area contributed by atoms with Crippen LogP contribution in [-0.2, 0) is 11.3 Å². The van der Waals surface area contributed by atoms with Crippen LogP contribution in [0.3, 0.4) is 0 Å². The van der Waals surface area contributed by atoms with Crippen molar-refractivity contribution < 1.29 is 22.9 Å². The van der Waals surface area contributed by atoms with Crippen molar-refractivity contribution >= 4 is 11.6 Å². The van der Waals surface area contributed by atoms with Crippen molar-refractivity contribution in [1.29, 1.82) is 0 Å². The number of carbonyl (C=O) groups is 1. The number of amides is 1. The molecule has 0 aliphatic heterocycles. The highest BCUT2D eigenvalue weighted by Gasteiger charge is 2.15. The van der Waals surface area contributed by atoms with Crippen LogP contribution in [-0.4, -0.2) is 19.5 Å². The lowest BCUT2D eigenvalue weighted by molar-refractivity contribution is -0.885. The molecule has 6 heteroatoms. The van der Waals surface area contributed by atoms with E-state index in [0.29, 0.717) is 6.54 Å². The molecule has 0 aliphatic rings. The second-order valence-corrected chi connectivity index (χ2v) is 5.08. The molecule has 0 saturated heterocycles. The average molecular weight is 309 g/mol. The summed E-state index contributed by atoms with van der Waals surface area (Å²) in [4.78, 5) is 12.7. The number of para-hydroxylation sites is 1. The third-order valence-electron chi connectivity index (χ3n) is 3.11. The minimum atomic E-state index is -0.815. The highest BCUT2D eigenvalue weighted by molar-refractivity contribution is 5.91. The van der Waals surface area contributed by atoms with Gasteiger partial charge < -0.3 is 10.2 Å². The van der Waals surface area contributed by atoms with Gasteiger partial charge in [0.2, 0.25) is 0 Å². The lowest BCUT2D eigenvalue weighted by Crippen LogP contribution is -3.08. The number of benzene rings is 2. The van der Waals surface area contributed by atoms with E-state index in [0.717, 1.165) is 22.6 Å². The summed E-state index contributed by atoms with van der Waals surface area (Å²) in [6.45, 7) is 0.526. The Morgan fingerprint density at radius 3 is 2.23 bits per heavy atom. The van der Waals surface area contributed by atoms with E-state index in [2.05, 4.69) is 5.32 Å². The SMILES string of the molecule is C[NH+](CC(=O)Nc1c(F)cccc1F)Cc1ccc(F)cc1. The van der Waals surface area contributed by atoms with Gasteiger partial charge in [0, 0.05) is 5.56 Å². The average Bonchev–Trinajstić information content (AvgIpc) is 2.45. The monoisotopic (exact) mass is 309 g/mol. The van der Waals surface area contributed by atoms with Gasteiger partial charge in [-0.05, 0) is 24.3 Å². The Morgan fingerprint density at radius 2 is 1.64 bits per heavy atom. The normalized spacial score (nSPS) is 12.0. The maximum Gasteiger partial charge on any atom is 0.279 e. The lowest BCUT2D eigenvalue weighted by atomic mass is 10.2. The van der Waals surface area contributed by atoms with Gasteiger partial charge in [0.1, 0.15) is 29.7 Å². The summed E-state index contributed by atoms with van der Waals surface area (Å²) >= 11 is 0. The Labute approximate surface area is 126 Å². The number of carbonyl (C=O) groups excluding carboxylic acids is 1. The predicted octanol–water partition coefficient (Wildman–Crippen LogP) is 1.76. The van der Waals surface area contributed by atoms with Crippen LogP contribution >= 0.6 is 0 Å². The van der Waals surface area contributed by atoms with E-state index in [1.807, 2.05) is 0 Å². The molecule has 2 N–H and O–H groups in total. The molecule has 1 atom stereocenters. The molecule has 2 aromatic carbocycles. The van der Waals surface area contributed by atoms with E-state index in [1.54, 1.807) is 19.2 Å². The summed E-state index contributed by atoms with van der Waals surface area (Å²) < 4.78 is 39.7. The summed E-state index contributed by atoms with van der Waals surface area (Å²) in [5, 5.41) is 2.23. The van der Waals surface area contributed by atoms with Crippen LogP contribution < -0.4 is 10.2 Å². The van der Waals surface area contributed by atoms with Crippen LogP contribution in [0.15, 0.2) is 42.5 Å². The van der Waals surface area contributed by atoms with Crippen molar-refractivity contribution in [3.05, 3.63) is 65.5 Å². The molecule has 0 aromatic heterocycles. The quantitative estimate of drug-likeness (QED) is 0.867. The largest absolute Gasteiger partial charge is 0.326 e. The third kappa shape index (κ3) is 4.33. The number of rotatable bonds is 5. The summed E-state index contributed by atoms with van der Waals surface area (Å²) in [5.41, 5.74) is 0.422. The van der Waals surface area contributed by atoms with E-state index < -0.39 is 23.2 Å². The van der Waals surface area contributed by atoms with Gasteiger partial charge in [-0.25, -0.2) is 13.2 Å². The number of hydrogen-bond donors (Lipinski definition) is 2. The predicted molar refractivity (Wildman–Crippen MR) is 76.8 cm³/mol. The van der Waals surface area contributed by atoms with Crippen LogP contribution in [0.1, 0.15) is 5.56 Å². The zero-order chi connectivity index (χ0) is 16.1. The molecular formula is C16H16F3N2O+. The molecule has 22 heavy (non-hydrogen) atoms. The fraction of sp³-hybridized carbons (Fsp3) is 0.188. The Balaban J connectivity index is 1.92. The van der Waals surface area contributed by atoms with Crippen molar-refractivity contribution in [2.75, 3.05) is 18.9 Å². The van der Waals surface area contributed by atoms with E-state index in [4.69, 9.17) is 0 Å². The number of quaternary nitrogens is 1. The molecule has 2 aromatic rings. The molecule has 0 radical (unpaired) electrons. The van der Waals surface area contributed by atoms with Crippen LogP contribution in [0.4, 0.5) is 18.9 Å². The molecule has 0 spiro atoms. The van der Waals surface area contributed by atoms with Crippen molar-refractivity contribution in [2.24, 2.45) is 0 Å². The molecule has 3 nitrogen and oxygen atoms in total. The summed E-state index contributed by atoms with van der Waals surface area (Å²) in [7, 11) is 1.76. The van der Waals surface area contributed by atoms with E-state index in [9.17, 15) is 18.0 Å². The van der Waals surface area contributed by atoms with Crippen molar-refractivity contribution in [3.63, 3.8) is 0 Å². The van der Waals surface area contributed by atoms with E-state index >= 15 is 0 Å². The van der Waals surface area contributed by atoms with Gasteiger partial charge in [-0.1, -0.05) is 18.2 Å². The molecule has 0 aliphatic carbocycles. The maximum absolute atomic E-state index is 13.4. The van der Waals surface area contributed by atoms with Gasteiger partial charge in [-0.3, -0.25) is 4.79 Å². The number of hydrogen-bond acceptors (Lipinski definition) is 1. The highest BCUT2D eigenvalue weighted by atomic mass is 19.1. The molecule has 0 heterocycles. The van der Waals surface area contributed by atoms with Gasteiger partial charge in [0.05, 0.1) is 7.05 Å². The Bertz CT molecular complexity index is 639. The zero-order valence-corrected chi connectivity index (χ0v) is 12.0. The number of halogens is 3. The number of nitrogens with one attached hydrogen (secondary N) is 2. The smallest absolute Gasteiger partial charge is 0.279 e. The molecule has 1 amide bonds. The van der Waals surface area contributed by atoms with Crippen LogP contribution in [0.25, 0.3) is 0 Å². The standard InChI is InChI=1S/C16H15F3N2O/c1-21(9-11-5-7-12(17)8-6-11)10-15(22)20-16-13(18)3-2-4-14(16)19/h2-8H,9-10H2,1H3,(H,20,22)/p+1. The molecular weight excluding hydrogens is 293 g/mol. The summed E-state index contributed by atoms with van der Waals surface area (Å²) in [6, 6.07) is 9.34. The van der Waals surface area contributed by atoms with Gasteiger partial charge >= 0.3 is 0 Å². The van der Waals surface area contributed by atoms with E-state index in [-0.39, 0.29) is 12.4 Å². The van der Waals surface area contributed by atoms with Gasteiger partial charge in [-0.2, -0.15) is 0 Å². The second-order valence-electron chi connectivity index (χ2n) is 5.08.